The summed E-state index contributed by atoms with van der Waals surface area (Å²) in [7, 11) is 1.87. The summed E-state index contributed by atoms with van der Waals surface area (Å²) in [5.74, 6) is 0.804. The van der Waals surface area contributed by atoms with E-state index in [9.17, 15) is 0 Å². The van der Waals surface area contributed by atoms with Gasteiger partial charge < -0.3 is 5.32 Å². The summed E-state index contributed by atoms with van der Waals surface area (Å²) < 4.78 is 2.93. The van der Waals surface area contributed by atoms with E-state index in [1.54, 1.807) is 22.3 Å². The van der Waals surface area contributed by atoms with E-state index in [1.807, 2.05) is 25.2 Å². The van der Waals surface area contributed by atoms with Gasteiger partial charge in [0.05, 0.1) is 16.8 Å². The Balaban J connectivity index is 1.62. The van der Waals surface area contributed by atoms with Crippen molar-refractivity contribution in [3.05, 3.63) is 41.4 Å². The number of hydrogen-bond donors (Lipinski definition) is 1. The third-order valence-corrected chi connectivity index (χ3v) is 3.58. The lowest BCUT2D eigenvalue weighted by atomic mass is 10.3. The smallest absolute Gasteiger partial charge is 0.164 e. The van der Waals surface area contributed by atoms with Crippen LogP contribution in [0.5, 0.6) is 0 Å². The van der Waals surface area contributed by atoms with Crippen LogP contribution in [0.1, 0.15) is 10.8 Å². The molecule has 0 spiro atoms. The molecule has 0 fully saturated rings. The second kappa shape index (κ2) is 4.83. The number of para-hydroxylation sites is 1. The molecule has 3 aromatic rings. The SMILES string of the molecule is Cn1cnc(CNCc2nc3ccccc3s2)n1. The number of thiazole rings is 1. The van der Waals surface area contributed by atoms with Crippen LogP contribution >= 0.6 is 11.3 Å². The van der Waals surface area contributed by atoms with Gasteiger partial charge in [0.25, 0.3) is 0 Å². The molecule has 2 heterocycles. The number of hydrogen-bond acceptors (Lipinski definition) is 5. The topological polar surface area (TPSA) is 55.6 Å². The second-order valence-electron chi connectivity index (χ2n) is 4.01. The van der Waals surface area contributed by atoms with Crippen LogP contribution in [0, 0.1) is 0 Å². The van der Waals surface area contributed by atoms with Gasteiger partial charge >= 0.3 is 0 Å². The fraction of sp³-hybridized carbons (Fsp3) is 0.250. The molecule has 2 aromatic heterocycles. The fourth-order valence-electron chi connectivity index (χ4n) is 1.74. The molecule has 1 aromatic carbocycles. The van der Waals surface area contributed by atoms with Crippen molar-refractivity contribution in [3.63, 3.8) is 0 Å². The van der Waals surface area contributed by atoms with E-state index in [0.29, 0.717) is 6.54 Å². The first-order chi connectivity index (χ1) is 8.81. The molecule has 92 valence electrons. The highest BCUT2D eigenvalue weighted by atomic mass is 32.1. The summed E-state index contributed by atoms with van der Waals surface area (Å²) >= 11 is 1.72. The summed E-state index contributed by atoms with van der Waals surface area (Å²) in [6, 6.07) is 8.18. The monoisotopic (exact) mass is 259 g/mol. The van der Waals surface area contributed by atoms with E-state index in [4.69, 9.17) is 0 Å². The van der Waals surface area contributed by atoms with Crippen LogP contribution in [0.15, 0.2) is 30.6 Å². The van der Waals surface area contributed by atoms with Gasteiger partial charge in [-0.25, -0.2) is 9.97 Å². The van der Waals surface area contributed by atoms with Crippen LogP contribution in [0.2, 0.25) is 0 Å². The van der Waals surface area contributed by atoms with Crippen LogP contribution in [-0.4, -0.2) is 19.7 Å². The molecule has 5 nitrogen and oxygen atoms in total. The fourth-order valence-corrected chi connectivity index (χ4v) is 2.68. The van der Waals surface area contributed by atoms with Gasteiger partial charge in [-0.3, -0.25) is 4.68 Å². The maximum absolute atomic E-state index is 4.56. The molecule has 0 bridgehead atoms. The number of rotatable bonds is 4. The molecule has 0 aliphatic heterocycles. The minimum absolute atomic E-state index is 0.663. The average Bonchev–Trinajstić information content (AvgIpc) is 2.95. The van der Waals surface area contributed by atoms with Gasteiger partial charge in [-0.1, -0.05) is 12.1 Å². The molecular weight excluding hydrogens is 246 g/mol. The molecule has 0 atom stereocenters. The highest BCUT2D eigenvalue weighted by molar-refractivity contribution is 7.18. The molecule has 3 rings (SSSR count). The highest BCUT2D eigenvalue weighted by Gasteiger charge is 2.03. The third-order valence-electron chi connectivity index (χ3n) is 2.54. The van der Waals surface area contributed by atoms with Crippen molar-refractivity contribution in [2.75, 3.05) is 0 Å². The maximum atomic E-state index is 4.56. The van der Waals surface area contributed by atoms with Crippen molar-refractivity contribution in [1.29, 1.82) is 0 Å². The van der Waals surface area contributed by atoms with E-state index in [2.05, 4.69) is 26.4 Å². The zero-order chi connectivity index (χ0) is 12.4. The number of nitrogens with zero attached hydrogens (tertiary/aromatic N) is 4. The van der Waals surface area contributed by atoms with E-state index in [1.165, 1.54) is 4.70 Å². The summed E-state index contributed by atoms with van der Waals surface area (Å²) in [4.78, 5) is 8.72. The molecule has 6 heteroatoms. The molecule has 1 N–H and O–H groups in total. The first kappa shape index (κ1) is 11.3. The molecule has 0 aliphatic carbocycles. The summed E-state index contributed by atoms with van der Waals surface area (Å²) in [6.07, 6.45) is 1.70. The third kappa shape index (κ3) is 2.39. The predicted octanol–water partition coefficient (Wildman–Crippen LogP) is 1.71. The Morgan fingerprint density at radius 3 is 2.94 bits per heavy atom. The molecule has 0 amide bonds. The Bertz CT molecular complexity index is 624. The zero-order valence-electron chi connectivity index (χ0n) is 10.00. The second-order valence-corrected chi connectivity index (χ2v) is 5.13. The van der Waals surface area contributed by atoms with Crippen LogP contribution in [0.3, 0.4) is 0 Å². The lowest BCUT2D eigenvalue weighted by Gasteiger charge is -1.97. The van der Waals surface area contributed by atoms with Crippen LogP contribution in [0.25, 0.3) is 10.2 Å². The Morgan fingerprint density at radius 2 is 2.17 bits per heavy atom. The lowest BCUT2D eigenvalue weighted by Crippen LogP contribution is -2.13. The van der Waals surface area contributed by atoms with Gasteiger partial charge in [-0.05, 0) is 12.1 Å². The minimum atomic E-state index is 0.663. The van der Waals surface area contributed by atoms with Gasteiger partial charge in [0, 0.05) is 13.6 Å². The van der Waals surface area contributed by atoms with Crippen molar-refractivity contribution in [2.24, 2.45) is 7.05 Å². The average molecular weight is 259 g/mol. The number of aryl methyl sites for hydroxylation is 1. The number of fused-ring (bicyclic) bond motifs is 1. The van der Waals surface area contributed by atoms with Crippen molar-refractivity contribution >= 4 is 21.6 Å². The highest BCUT2D eigenvalue weighted by Crippen LogP contribution is 2.21. The van der Waals surface area contributed by atoms with E-state index in [-0.39, 0.29) is 0 Å². The molecule has 0 radical (unpaired) electrons. The van der Waals surface area contributed by atoms with Crippen molar-refractivity contribution in [2.45, 2.75) is 13.1 Å². The lowest BCUT2D eigenvalue weighted by molar-refractivity contribution is 0.648. The minimum Gasteiger partial charge on any atom is -0.303 e. The van der Waals surface area contributed by atoms with Crippen LogP contribution in [-0.2, 0) is 20.1 Å². The molecule has 0 aliphatic rings. The summed E-state index contributed by atoms with van der Waals surface area (Å²) in [5, 5.41) is 8.60. The molecule has 0 saturated heterocycles. The van der Waals surface area contributed by atoms with Gasteiger partial charge in [0.1, 0.15) is 11.3 Å². The zero-order valence-corrected chi connectivity index (χ0v) is 10.8. The van der Waals surface area contributed by atoms with Crippen LogP contribution in [0.4, 0.5) is 0 Å². The van der Waals surface area contributed by atoms with E-state index < -0.39 is 0 Å². The van der Waals surface area contributed by atoms with Crippen molar-refractivity contribution in [1.82, 2.24) is 25.1 Å². The van der Waals surface area contributed by atoms with Gasteiger partial charge in [-0.2, -0.15) is 5.10 Å². The molecule has 18 heavy (non-hydrogen) atoms. The Hall–Kier alpha value is -1.79. The van der Waals surface area contributed by atoms with Crippen LogP contribution < -0.4 is 5.32 Å². The number of aromatic nitrogens is 4. The number of nitrogens with one attached hydrogen (secondary N) is 1. The van der Waals surface area contributed by atoms with Gasteiger partial charge in [-0.15, -0.1) is 11.3 Å². The summed E-state index contributed by atoms with van der Waals surface area (Å²) in [5.41, 5.74) is 1.07. The molecule has 0 saturated carbocycles. The van der Waals surface area contributed by atoms with Crippen molar-refractivity contribution < 1.29 is 0 Å². The van der Waals surface area contributed by atoms with Crippen molar-refractivity contribution in [3.8, 4) is 0 Å². The summed E-state index contributed by atoms with van der Waals surface area (Å²) in [6.45, 7) is 1.41. The molecule has 0 unspecified atom stereocenters. The Morgan fingerprint density at radius 1 is 1.28 bits per heavy atom. The number of benzene rings is 1. The predicted molar refractivity (Wildman–Crippen MR) is 71.2 cm³/mol. The Kier molecular flexibility index (Phi) is 3.04. The maximum Gasteiger partial charge on any atom is 0.164 e. The largest absolute Gasteiger partial charge is 0.303 e. The standard InChI is InChI=1S/C12H13N5S/c1-17-8-14-11(16-17)6-13-7-12-15-9-4-2-3-5-10(9)18-12/h2-5,8,13H,6-7H2,1H3. The quantitative estimate of drug-likeness (QED) is 0.775. The first-order valence-electron chi connectivity index (χ1n) is 5.71. The van der Waals surface area contributed by atoms with E-state index in [0.717, 1.165) is 22.9 Å². The normalized spacial score (nSPS) is 11.2. The van der Waals surface area contributed by atoms with Gasteiger partial charge in [0.15, 0.2) is 5.82 Å². The first-order valence-corrected chi connectivity index (χ1v) is 6.52. The van der Waals surface area contributed by atoms with E-state index >= 15 is 0 Å². The van der Waals surface area contributed by atoms with Gasteiger partial charge in [0.2, 0.25) is 0 Å². The molecular formula is C12H13N5S. The Labute approximate surface area is 109 Å².